The lowest BCUT2D eigenvalue weighted by Gasteiger charge is -1.98. The van der Waals surface area contributed by atoms with Crippen molar-refractivity contribution in [3.8, 4) is 0 Å². The predicted octanol–water partition coefficient (Wildman–Crippen LogP) is -0.799. The van der Waals surface area contributed by atoms with Crippen molar-refractivity contribution in [2.45, 2.75) is 13.0 Å². The van der Waals surface area contributed by atoms with E-state index in [1.807, 2.05) is 0 Å². The first-order valence-corrected chi connectivity index (χ1v) is 4.35. The molecule has 1 N–H and O–H groups in total. The van der Waals surface area contributed by atoms with Crippen molar-refractivity contribution in [2.24, 2.45) is 0 Å². The van der Waals surface area contributed by atoms with E-state index >= 15 is 0 Å². The van der Waals surface area contributed by atoms with Crippen LogP contribution in [0.25, 0.3) is 0 Å². The maximum atomic E-state index is 11.0. The summed E-state index contributed by atoms with van der Waals surface area (Å²) in [4.78, 5) is 25.6. The van der Waals surface area contributed by atoms with Gasteiger partial charge in [-0.3, -0.25) is 9.48 Å². The Morgan fingerprint density at radius 1 is 1.60 bits per heavy atom. The first-order valence-electron chi connectivity index (χ1n) is 4.35. The Bertz CT molecular complexity index is 361. The summed E-state index contributed by atoms with van der Waals surface area (Å²) in [6, 6.07) is 0. The van der Waals surface area contributed by atoms with E-state index in [4.69, 9.17) is 0 Å². The second-order valence-corrected chi connectivity index (χ2v) is 2.75. The molecule has 0 aliphatic carbocycles. The van der Waals surface area contributed by atoms with Crippen LogP contribution in [-0.2, 0) is 16.1 Å². The molecule has 0 bridgehead atoms. The van der Waals surface area contributed by atoms with Crippen LogP contribution in [0, 0.1) is 0 Å². The van der Waals surface area contributed by atoms with Crippen LogP contribution in [0.3, 0.4) is 0 Å². The van der Waals surface area contributed by atoms with Crippen molar-refractivity contribution in [1.29, 1.82) is 0 Å². The molecule has 0 radical (unpaired) electrons. The SMILES string of the molecule is CNC(=O)CCn1cnc(C(=O)OC)n1. The second kappa shape index (κ2) is 5.08. The highest BCUT2D eigenvalue weighted by Crippen LogP contribution is 1.94. The minimum absolute atomic E-state index is 0.00518. The van der Waals surface area contributed by atoms with Gasteiger partial charge < -0.3 is 10.1 Å². The normalized spacial score (nSPS) is 9.73. The Balaban J connectivity index is 2.53. The highest BCUT2D eigenvalue weighted by molar-refractivity contribution is 5.84. The molecule has 0 fully saturated rings. The molecule has 15 heavy (non-hydrogen) atoms. The van der Waals surface area contributed by atoms with Gasteiger partial charge in [-0.1, -0.05) is 0 Å². The third-order valence-electron chi connectivity index (χ3n) is 1.75. The second-order valence-electron chi connectivity index (χ2n) is 2.75. The molecule has 0 spiro atoms. The van der Waals surface area contributed by atoms with E-state index in [9.17, 15) is 9.59 Å². The third kappa shape index (κ3) is 3.04. The molecule has 1 rings (SSSR count). The number of hydrogen-bond donors (Lipinski definition) is 1. The smallest absolute Gasteiger partial charge is 0.377 e. The van der Waals surface area contributed by atoms with Crippen LogP contribution in [-0.4, -0.2) is 40.8 Å². The predicted molar refractivity (Wildman–Crippen MR) is 50.0 cm³/mol. The largest absolute Gasteiger partial charge is 0.463 e. The third-order valence-corrected chi connectivity index (χ3v) is 1.75. The quantitative estimate of drug-likeness (QED) is 0.660. The Morgan fingerprint density at radius 3 is 2.93 bits per heavy atom. The summed E-state index contributed by atoms with van der Waals surface area (Å²) in [6.07, 6.45) is 1.68. The van der Waals surface area contributed by atoms with E-state index in [1.54, 1.807) is 7.05 Å². The topological polar surface area (TPSA) is 86.1 Å². The number of esters is 1. The van der Waals surface area contributed by atoms with E-state index in [2.05, 4.69) is 20.1 Å². The van der Waals surface area contributed by atoms with Crippen LogP contribution < -0.4 is 5.32 Å². The first kappa shape index (κ1) is 11.2. The molecule has 0 aromatic carbocycles. The van der Waals surface area contributed by atoms with Crippen LogP contribution in [0.5, 0.6) is 0 Å². The van der Waals surface area contributed by atoms with E-state index in [-0.39, 0.29) is 11.7 Å². The standard InChI is InChI=1S/C8H12N4O3/c1-9-6(13)3-4-12-5-10-7(11-12)8(14)15-2/h5H,3-4H2,1-2H3,(H,9,13). The molecule has 0 saturated heterocycles. The molecule has 82 valence electrons. The minimum atomic E-state index is -0.589. The average Bonchev–Trinajstić information content (AvgIpc) is 2.73. The number of carbonyl (C=O) groups is 2. The van der Waals surface area contributed by atoms with Crippen molar-refractivity contribution in [2.75, 3.05) is 14.2 Å². The molecular formula is C8H12N4O3. The molecule has 0 aliphatic heterocycles. The highest BCUT2D eigenvalue weighted by Gasteiger charge is 2.11. The average molecular weight is 212 g/mol. The van der Waals surface area contributed by atoms with Crippen LogP contribution in [0.4, 0.5) is 0 Å². The molecule has 1 heterocycles. The molecule has 0 atom stereocenters. The Labute approximate surface area is 86.4 Å². The molecule has 0 aliphatic rings. The number of nitrogens with zero attached hydrogens (tertiary/aromatic N) is 3. The van der Waals surface area contributed by atoms with Crippen LogP contribution in [0.2, 0.25) is 0 Å². The van der Waals surface area contributed by atoms with Crippen LogP contribution in [0.1, 0.15) is 17.0 Å². The summed E-state index contributed by atoms with van der Waals surface area (Å²) in [5.41, 5.74) is 0. The van der Waals surface area contributed by atoms with Gasteiger partial charge in [-0.2, -0.15) is 0 Å². The monoisotopic (exact) mass is 212 g/mol. The number of aromatic nitrogens is 3. The van der Waals surface area contributed by atoms with E-state index in [0.717, 1.165) is 0 Å². The van der Waals surface area contributed by atoms with Crippen molar-refractivity contribution in [3.63, 3.8) is 0 Å². The van der Waals surface area contributed by atoms with E-state index in [0.29, 0.717) is 13.0 Å². The summed E-state index contributed by atoms with van der Waals surface area (Å²) in [7, 11) is 2.82. The molecule has 7 heteroatoms. The van der Waals surface area contributed by atoms with Crippen molar-refractivity contribution < 1.29 is 14.3 Å². The van der Waals surface area contributed by atoms with Gasteiger partial charge in [0.2, 0.25) is 5.91 Å². The van der Waals surface area contributed by atoms with Crippen LogP contribution >= 0.6 is 0 Å². The van der Waals surface area contributed by atoms with Gasteiger partial charge in [-0.25, -0.2) is 9.78 Å². The Kier molecular flexibility index (Phi) is 3.78. The highest BCUT2D eigenvalue weighted by atomic mass is 16.5. The number of methoxy groups -OCH3 is 1. The summed E-state index contributed by atoms with van der Waals surface area (Å²) >= 11 is 0. The lowest BCUT2D eigenvalue weighted by molar-refractivity contribution is -0.120. The van der Waals surface area contributed by atoms with E-state index in [1.165, 1.54) is 18.1 Å². The molecule has 1 aromatic rings. The number of ether oxygens (including phenoxy) is 1. The molecule has 0 unspecified atom stereocenters. The number of carbonyl (C=O) groups excluding carboxylic acids is 2. The fourth-order valence-corrected chi connectivity index (χ4v) is 0.928. The van der Waals surface area contributed by atoms with Gasteiger partial charge >= 0.3 is 5.97 Å². The summed E-state index contributed by atoms with van der Waals surface area (Å²) in [5, 5.41) is 6.32. The van der Waals surface area contributed by atoms with E-state index < -0.39 is 5.97 Å². The van der Waals surface area contributed by atoms with Gasteiger partial charge in [-0.15, -0.1) is 5.10 Å². The van der Waals surface area contributed by atoms with Crippen LogP contribution in [0.15, 0.2) is 6.33 Å². The van der Waals surface area contributed by atoms with Gasteiger partial charge in [0.05, 0.1) is 13.7 Å². The molecule has 1 amide bonds. The van der Waals surface area contributed by atoms with Crippen molar-refractivity contribution in [3.05, 3.63) is 12.2 Å². The first-order chi connectivity index (χ1) is 7.17. The molecule has 7 nitrogen and oxygen atoms in total. The lowest BCUT2D eigenvalue weighted by atomic mass is 10.4. The summed E-state index contributed by atoms with van der Waals surface area (Å²) < 4.78 is 5.86. The van der Waals surface area contributed by atoms with Crippen molar-refractivity contribution >= 4 is 11.9 Å². The molecule has 1 aromatic heterocycles. The number of amides is 1. The number of rotatable bonds is 4. The van der Waals surface area contributed by atoms with Gasteiger partial charge in [0, 0.05) is 13.5 Å². The maximum Gasteiger partial charge on any atom is 0.377 e. The Morgan fingerprint density at radius 2 is 2.33 bits per heavy atom. The van der Waals surface area contributed by atoms with Gasteiger partial charge in [-0.05, 0) is 0 Å². The number of nitrogens with one attached hydrogen (secondary N) is 1. The number of aryl methyl sites for hydroxylation is 1. The molecular weight excluding hydrogens is 200 g/mol. The zero-order valence-electron chi connectivity index (χ0n) is 8.56. The fraction of sp³-hybridized carbons (Fsp3) is 0.500. The zero-order valence-corrected chi connectivity index (χ0v) is 8.56. The fourth-order valence-electron chi connectivity index (χ4n) is 0.928. The molecule has 0 saturated carbocycles. The number of hydrogen-bond acceptors (Lipinski definition) is 5. The maximum absolute atomic E-state index is 11.0. The van der Waals surface area contributed by atoms with Crippen molar-refractivity contribution in [1.82, 2.24) is 20.1 Å². The minimum Gasteiger partial charge on any atom is -0.463 e. The van der Waals surface area contributed by atoms with Gasteiger partial charge in [0.1, 0.15) is 6.33 Å². The van der Waals surface area contributed by atoms with Gasteiger partial charge in [0.25, 0.3) is 5.82 Å². The van der Waals surface area contributed by atoms with Gasteiger partial charge in [0.15, 0.2) is 0 Å². The zero-order chi connectivity index (χ0) is 11.3. The summed E-state index contributed by atoms with van der Waals surface area (Å²) in [5.74, 6) is -0.687. The lowest BCUT2D eigenvalue weighted by Crippen LogP contribution is -2.19. The summed E-state index contributed by atoms with van der Waals surface area (Å²) in [6.45, 7) is 0.379. The Hall–Kier alpha value is -1.92.